The summed E-state index contributed by atoms with van der Waals surface area (Å²) < 4.78 is 11.5. The van der Waals surface area contributed by atoms with Crippen molar-refractivity contribution < 1.29 is 13.8 Å². The van der Waals surface area contributed by atoms with E-state index in [9.17, 15) is 13.8 Å². The highest BCUT2D eigenvalue weighted by atomic mass is 32.2. The van der Waals surface area contributed by atoms with Crippen molar-refractivity contribution in [2.75, 3.05) is 18.1 Å². The Morgan fingerprint density at radius 1 is 1.26 bits per heavy atom. The highest BCUT2D eigenvalue weighted by Gasteiger charge is 2.47. The van der Waals surface area contributed by atoms with Crippen LogP contribution in [0.1, 0.15) is 40.5 Å². The van der Waals surface area contributed by atoms with Crippen LogP contribution in [0.2, 0.25) is 0 Å². The van der Waals surface area contributed by atoms with Gasteiger partial charge >= 0.3 is 0 Å². The lowest BCUT2D eigenvalue weighted by Gasteiger charge is -2.44. The van der Waals surface area contributed by atoms with Gasteiger partial charge < -0.3 is 10.2 Å². The second kappa shape index (κ2) is 6.50. The standard InChI is InChI=1S/C13H24N2O3S/c1-5-13(6-2)12(17)15(8-9-19(18)7-3)10(4)11(16)14-13/h10H,5-9H2,1-4H3,(H,14,16). The lowest BCUT2D eigenvalue weighted by atomic mass is 9.87. The van der Waals surface area contributed by atoms with Crippen molar-refractivity contribution in [2.24, 2.45) is 0 Å². The van der Waals surface area contributed by atoms with E-state index in [1.165, 1.54) is 0 Å². The molecule has 1 N–H and O–H groups in total. The van der Waals surface area contributed by atoms with E-state index in [4.69, 9.17) is 0 Å². The molecule has 0 aromatic carbocycles. The van der Waals surface area contributed by atoms with Crippen LogP contribution in [-0.2, 0) is 20.4 Å². The van der Waals surface area contributed by atoms with E-state index in [2.05, 4.69) is 5.32 Å². The van der Waals surface area contributed by atoms with Crippen LogP contribution in [0.5, 0.6) is 0 Å². The minimum atomic E-state index is -0.924. The molecule has 2 amide bonds. The third kappa shape index (κ3) is 3.16. The SMILES string of the molecule is CCS(=O)CCN1C(=O)C(CC)(CC)NC(=O)C1C. The molecule has 6 heteroatoms. The van der Waals surface area contributed by atoms with Crippen LogP contribution in [0.15, 0.2) is 0 Å². The first-order chi connectivity index (χ1) is 8.91. The van der Waals surface area contributed by atoms with Crippen LogP contribution >= 0.6 is 0 Å². The van der Waals surface area contributed by atoms with Crippen LogP contribution in [-0.4, -0.2) is 50.6 Å². The van der Waals surface area contributed by atoms with Crippen LogP contribution in [0.3, 0.4) is 0 Å². The van der Waals surface area contributed by atoms with Crippen molar-refractivity contribution in [1.29, 1.82) is 0 Å². The number of carbonyl (C=O) groups excluding carboxylic acids is 2. The molecule has 2 unspecified atom stereocenters. The second-order valence-corrected chi connectivity index (χ2v) is 6.75. The molecular formula is C13H24N2O3S. The maximum absolute atomic E-state index is 12.6. The summed E-state index contributed by atoms with van der Waals surface area (Å²) in [6.45, 7) is 7.76. The normalized spacial score (nSPS) is 24.2. The van der Waals surface area contributed by atoms with E-state index in [1.54, 1.807) is 11.8 Å². The minimum absolute atomic E-state index is 0.0438. The molecule has 0 radical (unpaired) electrons. The molecular weight excluding hydrogens is 264 g/mol. The highest BCUT2D eigenvalue weighted by molar-refractivity contribution is 7.84. The molecule has 0 spiro atoms. The Labute approximate surface area is 117 Å². The van der Waals surface area contributed by atoms with Gasteiger partial charge in [-0.05, 0) is 19.8 Å². The molecule has 0 aromatic heterocycles. The van der Waals surface area contributed by atoms with E-state index in [-0.39, 0.29) is 11.8 Å². The van der Waals surface area contributed by atoms with Gasteiger partial charge in [-0.2, -0.15) is 0 Å². The quantitative estimate of drug-likeness (QED) is 0.781. The fourth-order valence-corrected chi connectivity index (χ4v) is 3.04. The molecule has 2 atom stereocenters. The third-order valence-electron chi connectivity index (χ3n) is 3.97. The molecule has 1 aliphatic heterocycles. The van der Waals surface area contributed by atoms with Crippen LogP contribution in [0.25, 0.3) is 0 Å². The number of piperazine rings is 1. The Hall–Kier alpha value is -0.910. The lowest BCUT2D eigenvalue weighted by Crippen LogP contribution is -2.69. The fraction of sp³-hybridized carbons (Fsp3) is 0.846. The van der Waals surface area contributed by atoms with Gasteiger partial charge in [-0.3, -0.25) is 13.8 Å². The molecule has 1 rings (SSSR count). The molecule has 110 valence electrons. The van der Waals surface area contributed by atoms with Crippen LogP contribution in [0.4, 0.5) is 0 Å². The van der Waals surface area contributed by atoms with Gasteiger partial charge in [0.15, 0.2) is 0 Å². The number of nitrogens with one attached hydrogen (secondary N) is 1. The van der Waals surface area contributed by atoms with Gasteiger partial charge in [-0.1, -0.05) is 20.8 Å². The number of rotatable bonds is 6. The van der Waals surface area contributed by atoms with Crippen molar-refractivity contribution in [3.8, 4) is 0 Å². The van der Waals surface area contributed by atoms with Gasteiger partial charge in [0.25, 0.3) is 0 Å². The van der Waals surface area contributed by atoms with Crippen LogP contribution < -0.4 is 5.32 Å². The number of nitrogens with zero attached hydrogens (tertiary/aromatic N) is 1. The van der Waals surface area contributed by atoms with E-state index < -0.39 is 22.4 Å². The van der Waals surface area contributed by atoms with Crippen molar-refractivity contribution in [3.63, 3.8) is 0 Å². The fourth-order valence-electron chi connectivity index (χ4n) is 2.35. The van der Waals surface area contributed by atoms with Crippen LogP contribution in [0, 0.1) is 0 Å². The zero-order valence-corrected chi connectivity index (χ0v) is 13.0. The summed E-state index contributed by atoms with van der Waals surface area (Å²) in [5, 5.41) is 2.85. The molecule has 0 bridgehead atoms. The largest absolute Gasteiger partial charge is 0.340 e. The first-order valence-electron chi connectivity index (χ1n) is 6.89. The van der Waals surface area contributed by atoms with Gasteiger partial charge in [-0.15, -0.1) is 0 Å². The Bertz CT molecular complexity index is 380. The molecule has 1 fully saturated rings. The summed E-state index contributed by atoms with van der Waals surface area (Å²) in [6, 6.07) is -0.479. The molecule has 0 saturated carbocycles. The van der Waals surface area contributed by atoms with Gasteiger partial charge in [0.2, 0.25) is 11.8 Å². The van der Waals surface area contributed by atoms with E-state index in [0.717, 1.165) is 0 Å². The molecule has 0 aromatic rings. The second-order valence-electron chi connectivity index (χ2n) is 4.89. The maximum Gasteiger partial charge on any atom is 0.249 e. The van der Waals surface area contributed by atoms with Gasteiger partial charge in [0.1, 0.15) is 11.6 Å². The summed E-state index contributed by atoms with van der Waals surface area (Å²) in [4.78, 5) is 26.2. The molecule has 1 aliphatic rings. The first kappa shape index (κ1) is 16.1. The van der Waals surface area contributed by atoms with Crippen molar-refractivity contribution in [2.45, 2.75) is 52.1 Å². The number of hydrogen-bond donors (Lipinski definition) is 1. The molecule has 1 saturated heterocycles. The third-order valence-corrected chi connectivity index (χ3v) is 5.25. The summed E-state index contributed by atoms with van der Waals surface area (Å²) in [5.74, 6) is 0.849. The maximum atomic E-state index is 12.6. The van der Waals surface area contributed by atoms with E-state index >= 15 is 0 Å². The van der Waals surface area contributed by atoms with E-state index in [0.29, 0.717) is 30.9 Å². The Balaban J connectivity index is 2.90. The van der Waals surface area contributed by atoms with Crippen molar-refractivity contribution >= 4 is 22.6 Å². The number of hydrogen-bond acceptors (Lipinski definition) is 3. The highest BCUT2D eigenvalue weighted by Crippen LogP contribution is 2.24. The first-order valence-corrected chi connectivity index (χ1v) is 8.38. The Morgan fingerprint density at radius 2 is 1.84 bits per heavy atom. The number of carbonyl (C=O) groups is 2. The molecule has 19 heavy (non-hydrogen) atoms. The lowest BCUT2D eigenvalue weighted by molar-refractivity contribution is -0.154. The summed E-state index contributed by atoms with van der Waals surface area (Å²) in [6.07, 6.45) is 1.16. The topological polar surface area (TPSA) is 66.5 Å². The van der Waals surface area contributed by atoms with E-state index in [1.807, 2.05) is 20.8 Å². The van der Waals surface area contributed by atoms with Crippen molar-refractivity contribution in [1.82, 2.24) is 10.2 Å². The molecule has 1 heterocycles. The smallest absolute Gasteiger partial charge is 0.249 e. The monoisotopic (exact) mass is 288 g/mol. The predicted molar refractivity (Wildman–Crippen MR) is 76.2 cm³/mol. The minimum Gasteiger partial charge on any atom is -0.340 e. The van der Waals surface area contributed by atoms with Gasteiger partial charge in [0.05, 0.1) is 0 Å². The predicted octanol–water partition coefficient (Wildman–Crippen LogP) is 0.661. The summed E-state index contributed by atoms with van der Waals surface area (Å²) >= 11 is 0. The average Bonchev–Trinajstić information content (AvgIpc) is 2.42. The zero-order valence-electron chi connectivity index (χ0n) is 12.2. The Kier molecular flexibility index (Phi) is 5.52. The summed E-state index contributed by atoms with van der Waals surface area (Å²) in [5.41, 5.74) is -0.780. The van der Waals surface area contributed by atoms with Crippen molar-refractivity contribution in [3.05, 3.63) is 0 Å². The summed E-state index contributed by atoms with van der Waals surface area (Å²) in [7, 11) is -0.924. The zero-order chi connectivity index (χ0) is 14.6. The Morgan fingerprint density at radius 3 is 2.32 bits per heavy atom. The average molecular weight is 288 g/mol. The molecule has 0 aliphatic carbocycles. The van der Waals surface area contributed by atoms with Gasteiger partial charge in [-0.25, -0.2) is 0 Å². The van der Waals surface area contributed by atoms with Gasteiger partial charge in [0, 0.05) is 28.9 Å². The molecule has 5 nitrogen and oxygen atoms in total. The number of amides is 2.